The molecular weight excluding hydrogens is 264 g/mol. The van der Waals surface area contributed by atoms with Crippen LogP contribution in [0, 0.1) is 0 Å². The highest BCUT2D eigenvalue weighted by atomic mass is 35.5. The van der Waals surface area contributed by atoms with Crippen LogP contribution in [0.25, 0.3) is 0 Å². The maximum Gasteiger partial charge on any atom is 0.338 e. The molecule has 0 amide bonds. The smallest absolute Gasteiger partial charge is 0.338 e. The lowest BCUT2D eigenvalue weighted by Crippen LogP contribution is -2.23. The molecule has 3 nitrogen and oxygen atoms in total. The van der Waals surface area contributed by atoms with Crippen molar-refractivity contribution in [2.24, 2.45) is 0 Å². The molecule has 4 heteroatoms. The molecule has 0 bridgehead atoms. The predicted octanol–water partition coefficient (Wildman–Crippen LogP) is 3.82. The van der Waals surface area contributed by atoms with Crippen molar-refractivity contribution in [3.8, 4) is 0 Å². The van der Waals surface area contributed by atoms with Crippen molar-refractivity contribution in [1.82, 2.24) is 0 Å². The van der Waals surface area contributed by atoms with Crippen LogP contribution in [0.1, 0.15) is 49.5 Å². The fourth-order valence-corrected chi connectivity index (χ4v) is 1.86. The third kappa shape index (κ3) is 5.43. The summed E-state index contributed by atoms with van der Waals surface area (Å²) < 4.78 is 5.27. The topological polar surface area (TPSA) is 43.4 Å². The molecule has 1 aromatic rings. The van der Waals surface area contributed by atoms with Gasteiger partial charge in [-0.3, -0.25) is 0 Å². The number of aryl methyl sites for hydroxylation is 1. The van der Waals surface area contributed by atoms with E-state index >= 15 is 0 Å². The van der Waals surface area contributed by atoms with Crippen LogP contribution in [-0.2, 0) is 16.0 Å². The molecule has 1 aromatic carbocycles. The Balaban J connectivity index is 2.76. The maximum absolute atomic E-state index is 11.9. The fourth-order valence-electron chi connectivity index (χ4n) is 1.59. The molecule has 0 aromatic heterocycles. The predicted molar refractivity (Wildman–Crippen MR) is 75.6 cm³/mol. The quantitative estimate of drug-likeness (QED) is 0.468. The molecule has 0 unspecified atom stereocenters. The lowest BCUT2D eigenvalue weighted by Gasteiger charge is -2.19. The minimum atomic E-state index is -0.522. The highest BCUT2D eigenvalue weighted by molar-refractivity contribution is 6.31. The van der Waals surface area contributed by atoms with E-state index < -0.39 is 5.60 Å². The van der Waals surface area contributed by atoms with Crippen LogP contribution in [-0.4, -0.2) is 17.9 Å². The van der Waals surface area contributed by atoms with Crippen molar-refractivity contribution in [1.29, 1.82) is 0 Å². The molecule has 0 aliphatic carbocycles. The molecule has 0 saturated carbocycles. The Hall–Kier alpha value is -1.35. The Kier molecular flexibility index (Phi) is 5.55. The van der Waals surface area contributed by atoms with E-state index in [2.05, 4.69) is 0 Å². The minimum absolute atomic E-state index is 0.381. The molecular formula is C15H19ClO3. The molecule has 0 radical (unpaired) electrons. The second-order valence-corrected chi connectivity index (χ2v) is 5.77. The number of ether oxygens (including phenoxy) is 1. The van der Waals surface area contributed by atoms with Gasteiger partial charge in [0.05, 0.1) is 5.56 Å². The lowest BCUT2D eigenvalue weighted by molar-refractivity contribution is -0.107. The first kappa shape index (κ1) is 15.7. The summed E-state index contributed by atoms with van der Waals surface area (Å²) in [6.07, 6.45) is 2.90. The molecule has 104 valence electrons. The summed E-state index contributed by atoms with van der Waals surface area (Å²) in [5, 5.41) is 0.536. The van der Waals surface area contributed by atoms with Gasteiger partial charge >= 0.3 is 5.97 Å². The Morgan fingerprint density at radius 1 is 1.37 bits per heavy atom. The Morgan fingerprint density at radius 3 is 2.58 bits per heavy atom. The summed E-state index contributed by atoms with van der Waals surface area (Å²) in [4.78, 5) is 22.1. The molecule has 0 fully saturated rings. The van der Waals surface area contributed by atoms with Crippen LogP contribution >= 0.6 is 11.6 Å². The van der Waals surface area contributed by atoms with Gasteiger partial charge in [-0.15, -0.1) is 0 Å². The molecule has 1 rings (SSSR count). The van der Waals surface area contributed by atoms with Gasteiger partial charge < -0.3 is 9.53 Å². The van der Waals surface area contributed by atoms with Gasteiger partial charge in [0.25, 0.3) is 0 Å². The minimum Gasteiger partial charge on any atom is -0.456 e. The molecule has 19 heavy (non-hydrogen) atoms. The number of hydrogen-bond acceptors (Lipinski definition) is 3. The largest absolute Gasteiger partial charge is 0.456 e. The van der Waals surface area contributed by atoms with Gasteiger partial charge in [-0.05, 0) is 51.3 Å². The third-order valence-corrected chi connectivity index (χ3v) is 2.81. The molecule has 0 atom stereocenters. The maximum atomic E-state index is 11.9. The number of hydrogen-bond donors (Lipinski definition) is 0. The van der Waals surface area contributed by atoms with Crippen molar-refractivity contribution in [2.75, 3.05) is 0 Å². The Bertz CT molecular complexity index is 461. The van der Waals surface area contributed by atoms with E-state index in [0.29, 0.717) is 17.0 Å². The molecule has 0 saturated heterocycles. The van der Waals surface area contributed by atoms with Crippen molar-refractivity contribution in [2.45, 2.75) is 45.6 Å². The van der Waals surface area contributed by atoms with Crippen LogP contribution in [0.5, 0.6) is 0 Å². The van der Waals surface area contributed by atoms with Gasteiger partial charge in [-0.2, -0.15) is 0 Å². The SMILES string of the molecule is CC(C)(C)OC(=O)c1ccc(CCCC=O)c(Cl)c1. The number of benzene rings is 1. The van der Waals surface area contributed by atoms with Crippen LogP contribution in [0.2, 0.25) is 5.02 Å². The fraction of sp³-hybridized carbons (Fsp3) is 0.467. The highest BCUT2D eigenvalue weighted by Gasteiger charge is 2.18. The van der Waals surface area contributed by atoms with Gasteiger partial charge in [0.15, 0.2) is 0 Å². The van der Waals surface area contributed by atoms with Crippen molar-refractivity contribution < 1.29 is 14.3 Å². The molecule has 0 spiro atoms. The van der Waals surface area contributed by atoms with Gasteiger partial charge in [-0.1, -0.05) is 17.7 Å². The van der Waals surface area contributed by atoms with E-state index in [4.69, 9.17) is 16.3 Å². The van der Waals surface area contributed by atoms with Crippen LogP contribution in [0.4, 0.5) is 0 Å². The van der Waals surface area contributed by atoms with Crippen LogP contribution < -0.4 is 0 Å². The van der Waals surface area contributed by atoms with Gasteiger partial charge in [0.1, 0.15) is 11.9 Å². The van der Waals surface area contributed by atoms with Gasteiger partial charge in [0.2, 0.25) is 0 Å². The van der Waals surface area contributed by atoms with E-state index in [1.807, 2.05) is 26.8 Å². The Morgan fingerprint density at radius 2 is 2.05 bits per heavy atom. The number of esters is 1. The van der Waals surface area contributed by atoms with Crippen molar-refractivity contribution >= 4 is 23.9 Å². The number of carbonyl (C=O) groups excluding carboxylic acids is 2. The lowest BCUT2D eigenvalue weighted by atomic mass is 10.1. The molecule has 0 N–H and O–H groups in total. The summed E-state index contributed by atoms with van der Waals surface area (Å²) >= 11 is 6.13. The molecule has 0 heterocycles. The van der Waals surface area contributed by atoms with Crippen molar-refractivity contribution in [3.63, 3.8) is 0 Å². The van der Waals surface area contributed by atoms with Gasteiger partial charge in [-0.25, -0.2) is 4.79 Å². The first-order valence-electron chi connectivity index (χ1n) is 6.29. The van der Waals surface area contributed by atoms with Crippen LogP contribution in [0.3, 0.4) is 0 Å². The first-order chi connectivity index (χ1) is 8.83. The zero-order valence-corrected chi connectivity index (χ0v) is 12.3. The normalized spacial score (nSPS) is 11.2. The highest BCUT2D eigenvalue weighted by Crippen LogP contribution is 2.21. The van der Waals surface area contributed by atoms with E-state index in [-0.39, 0.29) is 5.97 Å². The second-order valence-electron chi connectivity index (χ2n) is 5.37. The van der Waals surface area contributed by atoms with E-state index in [0.717, 1.165) is 24.7 Å². The van der Waals surface area contributed by atoms with E-state index in [9.17, 15) is 9.59 Å². The number of carbonyl (C=O) groups is 2. The summed E-state index contributed by atoms with van der Waals surface area (Å²) in [6, 6.07) is 5.13. The van der Waals surface area contributed by atoms with Gasteiger partial charge in [0, 0.05) is 11.4 Å². The molecule has 0 aliphatic rings. The van der Waals surface area contributed by atoms with E-state index in [1.54, 1.807) is 12.1 Å². The average molecular weight is 283 g/mol. The number of halogens is 1. The monoisotopic (exact) mass is 282 g/mol. The summed E-state index contributed by atoms with van der Waals surface area (Å²) in [7, 11) is 0. The summed E-state index contributed by atoms with van der Waals surface area (Å²) in [6.45, 7) is 5.46. The average Bonchev–Trinajstić information content (AvgIpc) is 2.29. The number of rotatable bonds is 5. The summed E-state index contributed by atoms with van der Waals surface area (Å²) in [5.74, 6) is -0.381. The van der Waals surface area contributed by atoms with Crippen molar-refractivity contribution in [3.05, 3.63) is 34.3 Å². The third-order valence-electron chi connectivity index (χ3n) is 2.46. The summed E-state index contributed by atoms with van der Waals surface area (Å²) in [5.41, 5.74) is 0.863. The number of aldehydes is 1. The zero-order valence-electron chi connectivity index (χ0n) is 11.5. The second kappa shape index (κ2) is 6.71. The first-order valence-corrected chi connectivity index (χ1v) is 6.66. The molecule has 0 aliphatic heterocycles. The van der Waals surface area contributed by atoms with Crippen LogP contribution in [0.15, 0.2) is 18.2 Å². The number of unbranched alkanes of at least 4 members (excludes halogenated alkanes) is 1. The van der Waals surface area contributed by atoms with E-state index in [1.165, 1.54) is 0 Å². The Labute approximate surface area is 118 Å². The standard InChI is InChI=1S/C15H19ClO3/c1-15(2,3)19-14(18)12-8-7-11(13(16)10-12)6-4-5-9-17/h7-10H,4-6H2,1-3H3. The zero-order chi connectivity index (χ0) is 14.5.